The van der Waals surface area contributed by atoms with Gasteiger partial charge in [-0.1, -0.05) is 42.5 Å². The van der Waals surface area contributed by atoms with Gasteiger partial charge in [0, 0.05) is 17.7 Å². The van der Waals surface area contributed by atoms with Gasteiger partial charge < -0.3 is 11.1 Å². The summed E-state index contributed by atoms with van der Waals surface area (Å²) in [5, 5.41) is 15.5. The number of benzene rings is 3. The fourth-order valence-electron chi connectivity index (χ4n) is 3.05. The number of carbonyl (C=O) groups is 1. The number of amidine groups is 1. The van der Waals surface area contributed by atoms with Crippen LogP contribution in [0.3, 0.4) is 0 Å². The normalized spacial score (nSPS) is 11.1. The SMILES string of the molecule is Cc1cc(S(N)(=O)=O)ccc1-c1cccc(C(=O)NCc2ccc(C(=N)N)cc2)c1. The molecule has 0 saturated carbocycles. The van der Waals surface area contributed by atoms with E-state index in [1.807, 2.05) is 18.2 Å². The molecule has 0 atom stereocenters. The van der Waals surface area contributed by atoms with Crippen LogP contribution in [0.2, 0.25) is 0 Å². The minimum Gasteiger partial charge on any atom is -0.384 e. The number of rotatable bonds is 6. The largest absolute Gasteiger partial charge is 0.384 e. The van der Waals surface area contributed by atoms with Gasteiger partial charge in [-0.3, -0.25) is 10.2 Å². The molecule has 7 nitrogen and oxygen atoms in total. The Kier molecular flexibility index (Phi) is 6.00. The third-order valence-corrected chi connectivity index (χ3v) is 5.59. The Morgan fingerprint density at radius 3 is 2.30 bits per heavy atom. The zero-order valence-electron chi connectivity index (χ0n) is 16.3. The van der Waals surface area contributed by atoms with Crippen molar-refractivity contribution in [2.45, 2.75) is 18.4 Å². The number of amides is 1. The molecule has 8 heteroatoms. The molecule has 3 aromatic rings. The quantitative estimate of drug-likeness (QED) is 0.358. The molecule has 0 aliphatic heterocycles. The van der Waals surface area contributed by atoms with Crippen molar-refractivity contribution in [3.05, 3.63) is 89.0 Å². The zero-order chi connectivity index (χ0) is 21.9. The molecule has 0 aliphatic carbocycles. The van der Waals surface area contributed by atoms with Gasteiger partial charge in [0.1, 0.15) is 5.84 Å². The Morgan fingerprint density at radius 2 is 1.70 bits per heavy atom. The van der Waals surface area contributed by atoms with Crippen LogP contribution in [-0.2, 0) is 16.6 Å². The summed E-state index contributed by atoms with van der Waals surface area (Å²) in [6, 6.07) is 18.8. The predicted molar refractivity (Wildman–Crippen MR) is 117 cm³/mol. The van der Waals surface area contributed by atoms with Crippen molar-refractivity contribution < 1.29 is 13.2 Å². The highest BCUT2D eigenvalue weighted by atomic mass is 32.2. The first-order valence-electron chi connectivity index (χ1n) is 9.10. The maximum absolute atomic E-state index is 12.6. The molecule has 0 bridgehead atoms. The van der Waals surface area contributed by atoms with E-state index in [2.05, 4.69) is 5.32 Å². The fourth-order valence-corrected chi connectivity index (χ4v) is 3.65. The van der Waals surface area contributed by atoms with E-state index in [1.165, 1.54) is 12.1 Å². The predicted octanol–water partition coefficient (Wildman–Crippen LogP) is 2.52. The lowest BCUT2D eigenvalue weighted by atomic mass is 9.99. The minimum absolute atomic E-state index is 0.00483. The zero-order valence-corrected chi connectivity index (χ0v) is 17.2. The van der Waals surface area contributed by atoms with E-state index in [0.29, 0.717) is 17.7 Å². The molecular formula is C22H22N4O3S. The summed E-state index contributed by atoms with van der Waals surface area (Å²) < 4.78 is 23.1. The molecule has 0 unspecified atom stereocenters. The first kappa shape index (κ1) is 21.2. The molecule has 0 heterocycles. The van der Waals surface area contributed by atoms with Crippen molar-refractivity contribution in [1.29, 1.82) is 5.41 Å². The van der Waals surface area contributed by atoms with Crippen LogP contribution < -0.4 is 16.2 Å². The third kappa shape index (κ3) is 4.91. The standard InChI is InChI=1S/C22H22N4O3S/c1-14-11-19(30(25,28)29)9-10-20(14)17-3-2-4-18(12-17)22(27)26-13-15-5-7-16(8-6-15)21(23)24/h2-12H,13H2,1H3,(H3,23,24)(H,26,27)(H2,25,28,29). The van der Waals surface area contributed by atoms with E-state index in [9.17, 15) is 13.2 Å². The van der Waals surface area contributed by atoms with Gasteiger partial charge in [0.25, 0.3) is 5.91 Å². The van der Waals surface area contributed by atoms with Gasteiger partial charge >= 0.3 is 0 Å². The summed E-state index contributed by atoms with van der Waals surface area (Å²) in [7, 11) is -3.77. The topological polar surface area (TPSA) is 139 Å². The van der Waals surface area contributed by atoms with E-state index in [0.717, 1.165) is 22.3 Å². The Hall–Kier alpha value is -3.49. The highest BCUT2D eigenvalue weighted by Crippen LogP contribution is 2.26. The molecule has 0 aliphatic rings. The van der Waals surface area contributed by atoms with E-state index in [-0.39, 0.29) is 16.6 Å². The van der Waals surface area contributed by atoms with Crippen LogP contribution in [0.25, 0.3) is 11.1 Å². The van der Waals surface area contributed by atoms with Crippen LogP contribution in [0.15, 0.2) is 71.6 Å². The Labute approximate surface area is 175 Å². The number of primary sulfonamides is 1. The Balaban J connectivity index is 1.76. The molecule has 30 heavy (non-hydrogen) atoms. The summed E-state index contributed by atoms with van der Waals surface area (Å²) >= 11 is 0. The number of sulfonamides is 1. The van der Waals surface area contributed by atoms with Gasteiger partial charge in [0.15, 0.2) is 0 Å². The summed E-state index contributed by atoms with van der Waals surface area (Å²) in [6.45, 7) is 2.13. The first-order valence-corrected chi connectivity index (χ1v) is 10.7. The van der Waals surface area contributed by atoms with Crippen molar-refractivity contribution in [1.82, 2.24) is 5.32 Å². The van der Waals surface area contributed by atoms with E-state index in [4.69, 9.17) is 16.3 Å². The second kappa shape index (κ2) is 8.48. The van der Waals surface area contributed by atoms with Gasteiger partial charge in [0.2, 0.25) is 10.0 Å². The molecule has 6 N–H and O–H groups in total. The van der Waals surface area contributed by atoms with Gasteiger partial charge in [-0.15, -0.1) is 0 Å². The second-order valence-electron chi connectivity index (χ2n) is 6.90. The Bertz CT molecular complexity index is 1220. The van der Waals surface area contributed by atoms with E-state index < -0.39 is 10.0 Å². The van der Waals surface area contributed by atoms with E-state index in [1.54, 1.807) is 43.3 Å². The van der Waals surface area contributed by atoms with Crippen molar-refractivity contribution in [3.8, 4) is 11.1 Å². The van der Waals surface area contributed by atoms with Gasteiger partial charge in [-0.05, 0) is 53.4 Å². The molecule has 3 rings (SSSR count). The average Bonchev–Trinajstić information content (AvgIpc) is 2.71. The molecule has 0 radical (unpaired) electrons. The highest BCUT2D eigenvalue weighted by Gasteiger charge is 2.12. The maximum atomic E-state index is 12.6. The highest BCUT2D eigenvalue weighted by molar-refractivity contribution is 7.89. The lowest BCUT2D eigenvalue weighted by molar-refractivity contribution is 0.0951. The lowest BCUT2D eigenvalue weighted by Gasteiger charge is -2.10. The summed E-state index contributed by atoms with van der Waals surface area (Å²) in [5.41, 5.74) is 9.80. The molecule has 1 amide bonds. The monoisotopic (exact) mass is 422 g/mol. The molecule has 0 fully saturated rings. The van der Waals surface area contributed by atoms with Crippen LogP contribution in [0.5, 0.6) is 0 Å². The van der Waals surface area contributed by atoms with Gasteiger partial charge in [-0.2, -0.15) is 0 Å². The summed E-state index contributed by atoms with van der Waals surface area (Å²) in [5.74, 6) is -0.235. The van der Waals surface area contributed by atoms with Crippen molar-refractivity contribution in [3.63, 3.8) is 0 Å². The molecule has 0 saturated heterocycles. The number of nitrogen functional groups attached to an aromatic ring is 1. The first-order chi connectivity index (χ1) is 14.1. The summed E-state index contributed by atoms with van der Waals surface area (Å²) in [6.07, 6.45) is 0. The fraction of sp³-hybridized carbons (Fsp3) is 0.0909. The van der Waals surface area contributed by atoms with Gasteiger partial charge in [0.05, 0.1) is 4.90 Å². The second-order valence-corrected chi connectivity index (χ2v) is 8.46. The smallest absolute Gasteiger partial charge is 0.251 e. The molecule has 3 aromatic carbocycles. The molecular weight excluding hydrogens is 400 g/mol. The van der Waals surface area contributed by atoms with Crippen LogP contribution >= 0.6 is 0 Å². The minimum atomic E-state index is -3.77. The average molecular weight is 423 g/mol. The number of aryl methyl sites for hydroxylation is 1. The van der Waals surface area contributed by atoms with Crippen LogP contribution in [0.4, 0.5) is 0 Å². The number of carbonyl (C=O) groups excluding carboxylic acids is 1. The summed E-state index contributed by atoms with van der Waals surface area (Å²) in [4.78, 5) is 12.6. The van der Waals surface area contributed by atoms with Crippen LogP contribution in [0, 0.1) is 12.3 Å². The van der Waals surface area contributed by atoms with Crippen molar-refractivity contribution in [2.75, 3.05) is 0 Å². The molecule has 154 valence electrons. The number of nitrogens with two attached hydrogens (primary N) is 2. The van der Waals surface area contributed by atoms with Crippen LogP contribution in [0.1, 0.15) is 27.0 Å². The van der Waals surface area contributed by atoms with Gasteiger partial charge in [-0.25, -0.2) is 13.6 Å². The van der Waals surface area contributed by atoms with Crippen molar-refractivity contribution >= 4 is 21.8 Å². The third-order valence-electron chi connectivity index (χ3n) is 4.68. The number of hydrogen-bond acceptors (Lipinski definition) is 4. The van der Waals surface area contributed by atoms with Crippen LogP contribution in [-0.4, -0.2) is 20.2 Å². The van der Waals surface area contributed by atoms with Crippen molar-refractivity contribution in [2.24, 2.45) is 10.9 Å². The number of hydrogen-bond donors (Lipinski definition) is 4. The molecule has 0 aromatic heterocycles. The lowest BCUT2D eigenvalue weighted by Crippen LogP contribution is -2.22. The number of nitrogens with one attached hydrogen (secondary N) is 2. The Morgan fingerprint density at radius 1 is 1.00 bits per heavy atom. The maximum Gasteiger partial charge on any atom is 0.251 e. The molecule has 0 spiro atoms. The van der Waals surface area contributed by atoms with E-state index >= 15 is 0 Å².